The van der Waals surface area contributed by atoms with Crippen LogP contribution < -0.4 is 9.64 Å². The number of anilines is 1. The molecule has 0 unspecified atom stereocenters. The Hall–Kier alpha value is -2.84. The highest BCUT2D eigenvalue weighted by molar-refractivity contribution is 8.18. The van der Waals surface area contributed by atoms with Crippen molar-refractivity contribution in [3.8, 4) is 5.75 Å². The third kappa shape index (κ3) is 6.86. The van der Waals surface area contributed by atoms with Crippen LogP contribution in [0.3, 0.4) is 0 Å². The molecular weight excluding hydrogens is 465 g/mol. The van der Waals surface area contributed by atoms with Gasteiger partial charge >= 0.3 is 0 Å². The van der Waals surface area contributed by atoms with Crippen LogP contribution in [0.4, 0.5) is 14.9 Å². The monoisotopic (exact) mass is 497 g/mol. The zero-order valence-corrected chi connectivity index (χ0v) is 20.9. The fourth-order valence-corrected chi connectivity index (χ4v) is 4.98. The fourth-order valence-electron chi connectivity index (χ4n) is 4.15. The van der Waals surface area contributed by atoms with E-state index in [1.807, 2.05) is 24.3 Å². The Kier molecular flexibility index (Phi) is 8.82. The minimum absolute atomic E-state index is 0.241. The van der Waals surface area contributed by atoms with Gasteiger partial charge in [0.05, 0.1) is 18.2 Å². The van der Waals surface area contributed by atoms with Gasteiger partial charge in [-0.25, -0.2) is 4.39 Å². The summed E-state index contributed by atoms with van der Waals surface area (Å²) < 4.78 is 19.0. The Labute approximate surface area is 210 Å². The first-order valence-electron chi connectivity index (χ1n) is 12.2. The number of halogens is 1. The molecule has 35 heavy (non-hydrogen) atoms. The molecule has 0 saturated carbocycles. The third-order valence-corrected chi connectivity index (χ3v) is 7.13. The number of benzene rings is 2. The number of carbonyl (C=O) groups excluding carboxylic acids is 2. The molecule has 4 rings (SSSR count). The van der Waals surface area contributed by atoms with Crippen LogP contribution >= 0.6 is 11.8 Å². The maximum absolute atomic E-state index is 13.2. The third-order valence-electron chi connectivity index (χ3n) is 6.22. The number of thioether (sulfide) groups is 1. The van der Waals surface area contributed by atoms with E-state index >= 15 is 0 Å². The Morgan fingerprint density at radius 1 is 0.943 bits per heavy atom. The van der Waals surface area contributed by atoms with Crippen molar-refractivity contribution in [1.82, 2.24) is 9.80 Å². The first-order chi connectivity index (χ1) is 17.0. The first kappa shape index (κ1) is 25.3. The molecule has 0 N–H and O–H groups in total. The molecule has 2 aromatic carbocycles. The average Bonchev–Trinajstić information content (AvgIpc) is 3.13. The van der Waals surface area contributed by atoms with Crippen LogP contribution in [0, 0.1) is 5.82 Å². The van der Waals surface area contributed by atoms with E-state index in [1.54, 1.807) is 18.2 Å². The van der Waals surface area contributed by atoms with Crippen molar-refractivity contribution in [2.24, 2.45) is 0 Å². The predicted octanol–water partition coefficient (Wildman–Crippen LogP) is 5.60. The molecule has 0 bridgehead atoms. The van der Waals surface area contributed by atoms with Crippen LogP contribution in [0.2, 0.25) is 0 Å². The van der Waals surface area contributed by atoms with E-state index in [0.717, 1.165) is 61.4 Å². The molecule has 2 fully saturated rings. The van der Waals surface area contributed by atoms with Crippen molar-refractivity contribution < 1.29 is 18.7 Å². The van der Waals surface area contributed by atoms with E-state index in [2.05, 4.69) is 16.7 Å². The molecule has 2 aromatic rings. The molecule has 2 aliphatic rings. The number of ether oxygens (including phenoxy) is 1. The van der Waals surface area contributed by atoms with Crippen LogP contribution in [0.25, 0.3) is 6.08 Å². The van der Waals surface area contributed by atoms with Crippen molar-refractivity contribution in [2.45, 2.75) is 32.6 Å². The van der Waals surface area contributed by atoms with Gasteiger partial charge < -0.3 is 9.64 Å². The molecule has 2 saturated heterocycles. The van der Waals surface area contributed by atoms with Crippen molar-refractivity contribution in [1.29, 1.82) is 0 Å². The van der Waals surface area contributed by atoms with E-state index in [4.69, 9.17) is 4.74 Å². The molecule has 2 heterocycles. The molecule has 8 heteroatoms. The summed E-state index contributed by atoms with van der Waals surface area (Å²) in [4.78, 5) is 31.5. The zero-order chi connectivity index (χ0) is 24.6. The number of hydrogen-bond donors (Lipinski definition) is 0. The Balaban J connectivity index is 1.27. The van der Waals surface area contributed by atoms with Gasteiger partial charge in [0.25, 0.3) is 11.1 Å². The summed E-state index contributed by atoms with van der Waals surface area (Å²) in [6.45, 7) is 6.12. The number of hydrogen-bond acceptors (Lipinski definition) is 6. The number of carbonyl (C=O) groups is 2. The lowest BCUT2D eigenvalue weighted by Gasteiger charge is -2.37. The summed E-state index contributed by atoms with van der Waals surface area (Å²) in [6.07, 6.45) is 6.42. The lowest BCUT2D eigenvalue weighted by atomic mass is 10.2. The van der Waals surface area contributed by atoms with Crippen LogP contribution in [-0.4, -0.2) is 60.4 Å². The lowest BCUT2D eigenvalue weighted by molar-refractivity contribution is -0.124. The second kappa shape index (κ2) is 12.2. The summed E-state index contributed by atoms with van der Waals surface area (Å²) in [5.41, 5.74) is 1.84. The second-order valence-corrected chi connectivity index (χ2v) is 9.80. The molecule has 0 radical (unpaired) electrons. The predicted molar refractivity (Wildman–Crippen MR) is 139 cm³/mol. The molecule has 186 valence electrons. The summed E-state index contributed by atoms with van der Waals surface area (Å²) >= 11 is 0.984. The van der Waals surface area contributed by atoms with Gasteiger partial charge in [-0.3, -0.25) is 19.4 Å². The minimum atomic E-state index is -0.253. The fraction of sp³-hybridized carbons (Fsp3) is 0.407. The topological polar surface area (TPSA) is 53.1 Å². The number of rotatable bonds is 10. The SMILES string of the molecule is CCCCCCOc1ccc(/C=C2/SC(=O)N(CN3CCN(c4ccc(F)cc4)CC3)C2=O)cc1. The van der Waals surface area contributed by atoms with Gasteiger partial charge in [-0.1, -0.05) is 38.3 Å². The van der Waals surface area contributed by atoms with Gasteiger partial charge in [0.2, 0.25) is 0 Å². The Morgan fingerprint density at radius 2 is 1.66 bits per heavy atom. The second-order valence-electron chi connectivity index (χ2n) is 8.81. The minimum Gasteiger partial charge on any atom is -0.494 e. The van der Waals surface area contributed by atoms with Gasteiger partial charge in [-0.15, -0.1) is 0 Å². The van der Waals surface area contributed by atoms with E-state index in [9.17, 15) is 14.0 Å². The maximum atomic E-state index is 13.2. The number of amides is 2. The number of piperazine rings is 1. The van der Waals surface area contributed by atoms with Gasteiger partial charge in [-0.2, -0.15) is 0 Å². The zero-order valence-electron chi connectivity index (χ0n) is 20.1. The molecule has 2 amide bonds. The van der Waals surface area contributed by atoms with Crippen LogP contribution in [0.1, 0.15) is 38.2 Å². The molecule has 0 spiro atoms. The van der Waals surface area contributed by atoms with E-state index in [1.165, 1.54) is 36.3 Å². The van der Waals surface area contributed by atoms with Crippen LogP contribution in [-0.2, 0) is 4.79 Å². The number of unbranched alkanes of at least 4 members (excludes halogenated alkanes) is 3. The normalized spacial score (nSPS) is 18.1. The summed E-state index contributed by atoms with van der Waals surface area (Å²) in [5, 5.41) is -0.241. The number of imide groups is 1. The van der Waals surface area contributed by atoms with E-state index in [0.29, 0.717) is 11.5 Å². The summed E-state index contributed by atoms with van der Waals surface area (Å²) in [6, 6.07) is 14.1. The standard InChI is InChI=1S/C27H32FN3O3S/c1-2-3-4-5-18-34-24-12-6-21(7-13-24)19-25-26(32)31(27(33)35-25)20-29-14-16-30(17-15-29)23-10-8-22(28)9-11-23/h6-13,19H,2-5,14-18,20H2,1H3/b25-19+. The molecule has 0 atom stereocenters. The van der Waals surface area contributed by atoms with E-state index in [-0.39, 0.29) is 23.6 Å². The molecular formula is C27H32FN3O3S. The molecule has 6 nitrogen and oxygen atoms in total. The highest BCUT2D eigenvalue weighted by Gasteiger charge is 2.36. The van der Waals surface area contributed by atoms with Gasteiger partial charge in [-0.05, 0) is 66.2 Å². The summed E-state index contributed by atoms with van der Waals surface area (Å²) in [5.74, 6) is 0.311. The maximum Gasteiger partial charge on any atom is 0.294 e. The van der Waals surface area contributed by atoms with Crippen LogP contribution in [0.15, 0.2) is 53.4 Å². The molecule has 2 aliphatic heterocycles. The smallest absolute Gasteiger partial charge is 0.294 e. The van der Waals surface area contributed by atoms with Gasteiger partial charge in [0, 0.05) is 31.9 Å². The highest BCUT2D eigenvalue weighted by atomic mass is 32.2. The Morgan fingerprint density at radius 3 is 2.34 bits per heavy atom. The van der Waals surface area contributed by atoms with Gasteiger partial charge in [0.1, 0.15) is 11.6 Å². The lowest BCUT2D eigenvalue weighted by Crippen LogP contribution is -2.50. The van der Waals surface area contributed by atoms with E-state index < -0.39 is 0 Å². The summed E-state index contributed by atoms with van der Waals surface area (Å²) in [7, 11) is 0. The molecule has 0 aliphatic carbocycles. The Bertz CT molecular complexity index is 1030. The van der Waals surface area contributed by atoms with Crippen molar-refractivity contribution >= 4 is 34.7 Å². The van der Waals surface area contributed by atoms with Crippen molar-refractivity contribution in [3.63, 3.8) is 0 Å². The number of nitrogens with zero attached hydrogens (tertiary/aromatic N) is 3. The first-order valence-corrected chi connectivity index (χ1v) is 13.1. The largest absolute Gasteiger partial charge is 0.494 e. The van der Waals surface area contributed by atoms with Crippen molar-refractivity contribution in [3.05, 3.63) is 64.8 Å². The van der Waals surface area contributed by atoms with Crippen molar-refractivity contribution in [2.75, 3.05) is 44.4 Å². The van der Waals surface area contributed by atoms with Gasteiger partial charge in [0.15, 0.2) is 0 Å². The van der Waals surface area contributed by atoms with Crippen LogP contribution in [0.5, 0.6) is 5.75 Å². The quantitative estimate of drug-likeness (QED) is 0.315. The highest BCUT2D eigenvalue weighted by Crippen LogP contribution is 2.32. The molecule has 0 aromatic heterocycles. The average molecular weight is 498 g/mol.